The molecule has 3 rings (SSSR count). The van der Waals surface area contributed by atoms with Crippen LogP contribution in [0.4, 0.5) is 5.69 Å². The molecule has 1 atom stereocenters. The number of hydrogen-bond acceptors (Lipinski definition) is 2. The van der Waals surface area contributed by atoms with Crippen LogP contribution in [0, 0.1) is 0 Å². The number of hydrogen-bond donors (Lipinski definition) is 1. The minimum absolute atomic E-state index is 0.639. The largest absolute Gasteiger partial charge is 0.381 e. The monoisotopic (exact) mass is 295 g/mol. The molecular formula is C19H21NS. The van der Waals surface area contributed by atoms with Gasteiger partial charge in [0, 0.05) is 16.9 Å². The van der Waals surface area contributed by atoms with Crippen molar-refractivity contribution in [2.45, 2.75) is 32.7 Å². The van der Waals surface area contributed by atoms with E-state index in [1.54, 1.807) is 0 Å². The Hall–Kier alpha value is -1.80. The Morgan fingerprint density at radius 3 is 2.57 bits per heavy atom. The molecule has 0 spiro atoms. The normalized spacial score (nSPS) is 12.5. The summed E-state index contributed by atoms with van der Waals surface area (Å²) in [6.45, 7) is 5.39. The summed E-state index contributed by atoms with van der Waals surface area (Å²) in [7, 11) is 0. The molecule has 2 aromatic carbocycles. The Bertz CT molecular complexity index is 712. The van der Waals surface area contributed by atoms with Crippen LogP contribution in [-0.4, -0.2) is 0 Å². The van der Waals surface area contributed by atoms with Crippen LogP contribution in [0.3, 0.4) is 0 Å². The molecule has 2 heteroatoms. The molecule has 108 valence electrons. The van der Waals surface area contributed by atoms with E-state index >= 15 is 0 Å². The van der Waals surface area contributed by atoms with E-state index in [1.165, 1.54) is 33.3 Å². The van der Waals surface area contributed by atoms with Crippen molar-refractivity contribution in [2.75, 3.05) is 5.32 Å². The predicted octanol–water partition coefficient (Wildman–Crippen LogP) is 6.03. The van der Waals surface area contributed by atoms with E-state index in [1.807, 2.05) is 11.3 Å². The van der Waals surface area contributed by atoms with Gasteiger partial charge in [-0.25, -0.2) is 0 Å². The average molecular weight is 295 g/mol. The van der Waals surface area contributed by atoms with E-state index in [0.29, 0.717) is 5.92 Å². The van der Waals surface area contributed by atoms with Crippen LogP contribution in [-0.2, 0) is 6.54 Å². The van der Waals surface area contributed by atoms with Crippen LogP contribution in [0.1, 0.15) is 37.3 Å². The van der Waals surface area contributed by atoms with E-state index in [9.17, 15) is 0 Å². The van der Waals surface area contributed by atoms with Gasteiger partial charge in [0.15, 0.2) is 0 Å². The highest BCUT2D eigenvalue weighted by Crippen LogP contribution is 2.26. The summed E-state index contributed by atoms with van der Waals surface area (Å²) in [6, 6.07) is 17.5. The van der Waals surface area contributed by atoms with Crippen molar-refractivity contribution in [3.63, 3.8) is 0 Å². The molecule has 0 aliphatic rings. The number of thiophene rings is 1. The molecule has 0 radical (unpaired) electrons. The van der Waals surface area contributed by atoms with Gasteiger partial charge >= 0.3 is 0 Å². The second-order valence-corrected chi connectivity index (χ2v) is 6.45. The lowest BCUT2D eigenvalue weighted by Crippen LogP contribution is -1.99. The van der Waals surface area contributed by atoms with Crippen molar-refractivity contribution < 1.29 is 0 Å². The van der Waals surface area contributed by atoms with E-state index < -0.39 is 0 Å². The quantitative estimate of drug-likeness (QED) is 0.606. The first-order valence-corrected chi connectivity index (χ1v) is 8.45. The smallest absolute Gasteiger partial charge is 0.0415 e. The van der Waals surface area contributed by atoms with Crippen LogP contribution in [0.5, 0.6) is 0 Å². The van der Waals surface area contributed by atoms with E-state index in [0.717, 1.165) is 6.54 Å². The predicted molar refractivity (Wildman–Crippen MR) is 94.3 cm³/mol. The van der Waals surface area contributed by atoms with Gasteiger partial charge in [0.2, 0.25) is 0 Å². The molecule has 0 saturated carbocycles. The fourth-order valence-electron chi connectivity index (χ4n) is 2.53. The summed E-state index contributed by atoms with van der Waals surface area (Å²) in [5, 5.41) is 7.15. The van der Waals surface area contributed by atoms with Crippen molar-refractivity contribution >= 4 is 27.1 Å². The summed E-state index contributed by atoms with van der Waals surface area (Å²) >= 11 is 1.82. The molecule has 21 heavy (non-hydrogen) atoms. The average Bonchev–Trinajstić information content (AvgIpc) is 2.96. The maximum absolute atomic E-state index is 3.53. The van der Waals surface area contributed by atoms with Gasteiger partial charge in [-0.3, -0.25) is 0 Å². The molecular weight excluding hydrogens is 274 g/mol. The van der Waals surface area contributed by atoms with Crippen molar-refractivity contribution in [2.24, 2.45) is 0 Å². The highest BCUT2D eigenvalue weighted by Gasteiger charge is 2.04. The molecule has 1 N–H and O–H groups in total. The van der Waals surface area contributed by atoms with E-state index in [2.05, 4.69) is 73.1 Å². The lowest BCUT2D eigenvalue weighted by atomic mass is 9.99. The second-order valence-electron chi connectivity index (χ2n) is 5.54. The van der Waals surface area contributed by atoms with Crippen molar-refractivity contribution in [1.29, 1.82) is 0 Å². The summed E-state index contributed by atoms with van der Waals surface area (Å²) < 4.78 is 1.36. The van der Waals surface area contributed by atoms with Crippen molar-refractivity contribution in [3.05, 3.63) is 65.0 Å². The van der Waals surface area contributed by atoms with Crippen LogP contribution in [0.15, 0.2) is 53.9 Å². The molecule has 1 aromatic heterocycles. The van der Waals surface area contributed by atoms with Gasteiger partial charge < -0.3 is 5.32 Å². The first-order valence-electron chi connectivity index (χ1n) is 7.57. The van der Waals surface area contributed by atoms with Gasteiger partial charge in [-0.2, -0.15) is 0 Å². The zero-order valence-corrected chi connectivity index (χ0v) is 13.4. The van der Waals surface area contributed by atoms with Gasteiger partial charge in [-0.15, -0.1) is 11.3 Å². The van der Waals surface area contributed by atoms with Crippen LogP contribution in [0.2, 0.25) is 0 Å². The molecule has 0 aliphatic heterocycles. The Morgan fingerprint density at radius 1 is 1.05 bits per heavy atom. The number of anilines is 1. The molecule has 3 aromatic rings. The zero-order chi connectivity index (χ0) is 14.7. The number of benzene rings is 2. The number of nitrogens with one attached hydrogen (secondary N) is 1. The van der Waals surface area contributed by atoms with Gasteiger partial charge in [-0.05, 0) is 52.4 Å². The van der Waals surface area contributed by atoms with Gasteiger partial charge in [0.05, 0.1) is 0 Å². The number of fused-ring (bicyclic) bond motifs is 1. The maximum Gasteiger partial charge on any atom is 0.0415 e. The van der Waals surface area contributed by atoms with Crippen LogP contribution < -0.4 is 5.32 Å². The first-order chi connectivity index (χ1) is 10.3. The fraction of sp³-hybridized carbons (Fsp3) is 0.263. The topological polar surface area (TPSA) is 12.0 Å². The molecule has 0 bridgehead atoms. The van der Waals surface area contributed by atoms with Gasteiger partial charge in [-0.1, -0.05) is 44.2 Å². The van der Waals surface area contributed by atoms with E-state index in [4.69, 9.17) is 0 Å². The third-order valence-corrected chi connectivity index (χ3v) is 5.15. The lowest BCUT2D eigenvalue weighted by Gasteiger charge is -2.11. The molecule has 0 fully saturated rings. The summed E-state index contributed by atoms with van der Waals surface area (Å²) in [4.78, 5) is 0. The molecule has 0 aliphatic carbocycles. The molecule has 1 unspecified atom stereocenters. The third-order valence-electron chi connectivity index (χ3n) is 4.14. The highest BCUT2D eigenvalue weighted by atomic mass is 32.1. The SMILES string of the molecule is CCC(C)c1ccc(NCc2csc3ccccc23)cc1. The Morgan fingerprint density at radius 2 is 1.81 bits per heavy atom. The van der Waals surface area contributed by atoms with Gasteiger partial charge in [0.1, 0.15) is 0 Å². The minimum Gasteiger partial charge on any atom is -0.381 e. The Balaban J connectivity index is 1.70. The zero-order valence-electron chi connectivity index (χ0n) is 12.6. The standard InChI is InChI=1S/C19H21NS/c1-3-14(2)15-8-10-17(11-9-15)20-12-16-13-21-19-7-5-4-6-18(16)19/h4-11,13-14,20H,3,12H2,1-2H3. The van der Waals surface area contributed by atoms with Crippen molar-refractivity contribution in [1.82, 2.24) is 0 Å². The Kier molecular flexibility index (Phi) is 4.26. The van der Waals surface area contributed by atoms with Crippen LogP contribution >= 0.6 is 11.3 Å². The Labute approximate surface area is 130 Å². The summed E-state index contributed by atoms with van der Waals surface area (Å²) in [6.07, 6.45) is 1.19. The molecule has 1 heterocycles. The first kappa shape index (κ1) is 14.2. The van der Waals surface area contributed by atoms with Crippen LogP contribution in [0.25, 0.3) is 10.1 Å². The summed E-state index contributed by atoms with van der Waals surface area (Å²) in [5.74, 6) is 0.639. The second kappa shape index (κ2) is 6.31. The van der Waals surface area contributed by atoms with Gasteiger partial charge in [0.25, 0.3) is 0 Å². The minimum atomic E-state index is 0.639. The molecule has 1 nitrogen and oxygen atoms in total. The number of rotatable bonds is 5. The van der Waals surface area contributed by atoms with Crippen molar-refractivity contribution in [3.8, 4) is 0 Å². The fourth-order valence-corrected chi connectivity index (χ4v) is 3.49. The van der Waals surface area contributed by atoms with E-state index in [-0.39, 0.29) is 0 Å². The lowest BCUT2D eigenvalue weighted by molar-refractivity contribution is 0.734. The third kappa shape index (κ3) is 3.11. The summed E-state index contributed by atoms with van der Waals surface area (Å²) in [5.41, 5.74) is 3.99. The molecule has 0 saturated heterocycles. The molecule has 0 amide bonds. The maximum atomic E-state index is 3.53. The highest BCUT2D eigenvalue weighted by molar-refractivity contribution is 7.17.